The van der Waals surface area contributed by atoms with Crippen molar-refractivity contribution in [3.63, 3.8) is 0 Å². The average molecular weight is 365 g/mol. The molecule has 140 valence electrons. The Morgan fingerprint density at radius 1 is 1.04 bits per heavy atom. The van der Waals surface area contributed by atoms with Gasteiger partial charge in [-0.15, -0.1) is 0 Å². The Kier molecular flexibility index (Phi) is 5.45. The molecule has 0 bridgehead atoms. The summed E-state index contributed by atoms with van der Waals surface area (Å²) in [4.78, 5) is 16.4. The second-order valence-corrected chi connectivity index (χ2v) is 6.26. The molecule has 0 aliphatic rings. The molecule has 3 rings (SSSR count). The van der Waals surface area contributed by atoms with Gasteiger partial charge in [-0.05, 0) is 31.0 Å². The van der Waals surface area contributed by atoms with E-state index in [2.05, 4.69) is 10.3 Å². The molecule has 1 N–H and O–H groups in total. The lowest BCUT2D eigenvalue weighted by Crippen LogP contribution is -2.19. The molecule has 27 heavy (non-hydrogen) atoms. The van der Waals surface area contributed by atoms with E-state index in [0.29, 0.717) is 12.5 Å². The van der Waals surface area contributed by atoms with Gasteiger partial charge < -0.3 is 19.4 Å². The van der Waals surface area contributed by atoms with Crippen LogP contribution in [0.2, 0.25) is 0 Å². The maximum Gasteiger partial charge on any atom is 0.316 e. The number of anilines is 2. The molecule has 0 radical (unpaired) electrons. The maximum atomic E-state index is 12.2. The van der Waals surface area contributed by atoms with E-state index in [1.807, 2.05) is 60.9 Å². The summed E-state index contributed by atoms with van der Waals surface area (Å²) < 4.78 is 12.5. The van der Waals surface area contributed by atoms with E-state index in [-0.39, 0.29) is 5.75 Å². The van der Waals surface area contributed by atoms with Crippen LogP contribution in [0.15, 0.2) is 53.5 Å². The molecule has 0 fully saturated rings. The second kappa shape index (κ2) is 7.95. The molecule has 6 nitrogen and oxygen atoms in total. The number of rotatable bonds is 6. The summed E-state index contributed by atoms with van der Waals surface area (Å²) in [7, 11) is 3.11. The zero-order valence-corrected chi connectivity index (χ0v) is 15.9. The van der Waals surface area contributed by atoms with Crippen molar-refractivity contribution in [1.82, 2.24) is 9.55 Å². The highest BCUT2D eigenvalue weighted by Gasteiger charge is 2.13. The SMILES string of the molecule is COc1c(C)ccc(Nc2nc(=O)c(OC)cn2Cc2ccccc2)c1C. The summed E-state index contributed by atoms with van der Waals surface area (Å²) in [6.45, 7) is 4.51. The van der Waals surface area contributed by atoms with Crippen LogP contribution >= 0.6 is 0 Å². The normalized spacial score (nSPS) is 10.5. The number of aromatic nitrogens is 2. The van der Waals surface area contributed by atoms with Gasteiger partial charge >= 0.3 is 5.56 Å². The van der Waals surface area contributed by atoms with Crippen molar-refractivity contribution >= 4 is 11.6 Å². The molecular formula is C21H23N3O3. The predicted octanol–water partition coefficient (Wildman–Crippen LogP) is 3.67. The van der Waals surface area contributed by atoms with Gasteiger partial charge in [-0.3, -0.25) is 4.79 Å². The topological polar surface area (TPSA) is 65.4 Å². The highest BCUT2D eigenvalue weighted by Crippen LogP contribution is 2.30. The monoisotopic (exact) mass is 365 g/mol. The molecule has 0 unspecified atom stereocenters. The Bertz CT molecular complexity index is 998. The second-order valence-electron chi connectivity index (χ2n) is 6.26. The lowest BCUT2D eigenvalue weighted by molar-refractivity contribution is 0.402. The van der Waals surface area contributed by atoms with Crippen LogP contribution in [0, 0.1) is 13.8 Å². The van der Waals surface area contributed by atoms with E-state index in [1.165, 1.54) is 7.11 Å². The molecule has 3 aromatic rings. The summed E-state index contributed by atoms with van der Waals surface area (Å²) in [6.07, 6.45) is 1.67. The molecule has 0 saturated carbocycles. The van der Waals surface area contributed by atoms with E-state index in [4.69, 9.17) is 9.47 Å². The fourth-order valence-electron chi connectivity index (χ4n) is 3.01. The summed E-state index contributed by atoms with van der Waals surface area (Å²) >= 11 is 0. The molecule has 0 aliphatic heterocycles. The lowest BCUT2D eigenvalue weighted by atomic mass is 10.1. The predicted molar refractivity (Wildman–Crippen MR) is 106 cm³/mol. The highest BCUT2D eigenvalue weighted by atomic mass is 16.5. The number of ether oxygens (including phenoxy) is 2. The summed E-state index contributed by atoms with van der Waals surface area (Å²) in [5.74, 6) is 1.46. The van der Waals surface area contributed by atoms with Gasteiger partial charge in [0.25, 0.3) is 0 Å². The van der Waals surface area contributed by atoms with Gasteiger partial charge in [-0.2, -0.15) is 4.98 Å². The van der Waals surface area contributed by atoms with Crippen LogP contribution < -0.4 is 20.3 Å². The largest absolute Gasteiger partial charge is 0.496 e. The van der Waals surface area contributed by atoms with Crippen LogP contribution in [0.3, 0.4) is 0 Å². The van der Waals surface area contributed by atoms with Gasteiger partial charge in [0.05, 0.1) is 27.0 Å². The van der Waals surface area contributed by atoms with Crippen molar-refractivity contribution in [2.24, 2.45) is 0 Å². The minimum atomic E-state index is -0.416. The first-order valence-corrected chi connectivity index (χ1v) is 8.64. The third-order valence-electron chi connectivity index (χ3n) is 4.43. The van der Waals surface area contributed by atoms with E-state index < -0.39 is 5.56 Å². The zero-order valence-electron chi connectivity index (χ0n) is 15.9. The molecule has 0 saturated heterocycles. The number of hydrogen-bond donors (Lipinski definition) is 1. The molecule has 6 heteroatoms. The van der Waals surface area contributed by atoms with Crippen molar-refractivity contribution in [2.75, 3.05) is 19.5 Å². The number of methoxy groups -OCH3 is 2. The van der Waals surface area contributed by atoms with Crippen molar-refractivity contribution in [2.45, 2.75) is 20.4 Å². The van der Waals surface area contributed by atoms with Gasteiger partial charge in [0.2, 0.25) is 11.7 Å². The molecule has 0 spiro atoms. The molecule has 0 amide bonds. The van der Waals surface area contributed by atoms with Crippen molar-refractivity contribution in [3.8, 4) is 11.5 Å². The minimum Gasteiger partial charge on any atom is -0.496 e. The Hall–Kier alpha value is -3.28. The number of nitrogens with one attached hydrogen (secondary N) is 1. The Morgan fingerprint density at radius 2 is 1.78 bits per heavy atom. The minimum absolute atomic E-state index is 0.203. The van der Waals surface area contributed by atoms with Crippen LogP contribution in [0.5, 0.6) is 11.5 Å². The van der Waals surface area contributed by atoms with Crippen LogP contribution in [0.4, 0.5) is 11.6 Å². The van der Waals surface area contributed by atoms with Crippen LogP contribution in [0.1, 0.15) is 16.7 Å². The highest BCUT2D eigenvalue weighted by molar-refractivity contribution is 5.64. The quantitative estimate of drug-likeness (QED) is 0.722. The van der Waals surface area contributed by atoms with E-state index >= 15 is 0 Å². The number of hydrogen-bond acceptors (Lipinski definition) is 5. The third-order valence-corrected chi connectivity index (χ3v) is 4.43. The summed E-state index contributed by atoms with van der Waals surface area (Å²) in [5, 5.41) is 3.27. The first kappa shape index (κ1) is 18.5. The number of aryl methyl sites for hydroxylation is 1. The Labute approximate surface area is 158 Å². The van der Waals surface area contributed by atoms with Crippen LogP contribution in [-0.4, -0.2) is 23.8 Å². The van der Waals surface area contributed by atoms with Gasteiger partial charge in [-0.1, -0.05) is 36.4 Å². The molecule has 0 aliphatic carbocycles. The van der Waals surface area contributed by atoms with Crippen LogP contribution in [-0.2, 0) is 6.54 Å². The van der Waals surface area contributed by atoms with E-state index in [9.17, 15) is 4.79 Å². The van der Waals surface area contributed by atoms with Crippen molar-refractivity contribution < 1.29 is 9.47 Å². The molecule has 0 atom stereocenters. The zero-order chi connectivity index (χ0) is 19.4. The fourth-order valence-corrected chi connectivity index (χ4v) is 3.01. The maximum absolute atomic E-state index is 12.2. The van der Waals surface area contributed by atoms with Gasteiger partial charge in [-0.25, -0.2) is 0 Å². The van der Waals surface area contributed by atoms with E-state index in [1.54, 1.807) is 13.3 Å². The van der Waals surface area contributed by atoms with Gasteiger partial charge in [0.1, 0.15) is 5.75 Å². The Balaban J connectivity index is 2.04. The number of nitrogens with zero attached hydrogens (tertiary/aromatic N) is 2. The van der Waals surface area contributed by atoms with Crippen LogP contribution in [0.25, 0.3) is 0 Å². The molecular weight excluding hydrogens is 342 g/mol. The van der Waals surface area contributed by atoms with Gasteiger partial charge in [0, 0.05) is 11.3 Å². The summed E-state index contributed by atoms with van der Waals surface area (Å²) in [6, 6.07) is 13.9. The number of benzene rings is 2. The first-order chi connectivity index (χ1) is 13.0. The molecule has 1 aromatic heterocycles. The smallest absolute Gasteiger partial charge is 0.316 e. The fraction of sp³-hybridized carbons (Fsp3) is 0.238. The summed E-state index contributed by atoms with van der Waals surface area (Å²) in [5.41, 5.74) is 3.50. The average Bonchev–Trinajstić information content (AvgIpc) is 2.67. The molecule has 1 heterocycles. The van der Waals surface area contributed by atoms with Gasteiger partial charge in [0.15, 0.2) is 0 Å². The van der Waals surface area contributed by atoms with Crippen molar-refractivity contribution in [3.05, 3.63) is 75.7 Å². The standard InChI is InChI=1S/C21H23N3O3/c1-14-10-11-17(15(2)19(14)27-4)22-21-23-20(25)18(26-3)13-24(21)12-16-8-6-5-7-9-16/h5-11,13H,12H2,1-4H3,(H,22,23,25). The molecule has 2 aromatic carbocycles. The first-order valence-electron chi connectivity index (χ1n) is 8.64. The third kappa shape index (κ3) is 3.95. The van der Waals surface area contributed by atoms with Crippen molar-refractivity contribution in [1.29, 1.82) is 0 Å². The van der Waals surface area contributed by atoms with E-state index in [0.717, 1.165) is 28.1 Å². The Morgan fingerprint density at radius 3 is 2.44 bits per heavy atom. The lowest BCUT2D eigenvalue weighted by Gasteiger charge is -2.18.